The van der Waals surface area contributed by atoms with Crippen molar-refractivity contribution in [1.29, 1.82) is 0 Å². The molecule has 0 aliphatic carbocycles. The third-order valence-corrected chi connectivity index (χ3v) is 3.39. The lowest BCUT2D eigenvalue weighted by atomic mass is 10.0. The van der Waals surface area contributed by atoms with Gasteiger partial charge in [0.05, 0.1) is 12.2 Å². The molecular formula is C15H23FN2O2. The lowest BCUT2D eigenvalue weighted by molar-refractivity contribution is 0.100. The summed E-state index contributed by atoms with van der Waals surface area (Å²) in [5.41, 5.74) is 10.8. The number of nitrogens with two attached hydrogens (primary N) is 2. The number of ether oxygens (including phenoxy) is 1. The van der Waals surface area contributed by atoms with Crippen LogP contribution >= 0.6 is 0 Å². The Hall–Kier alpha value is -1.78. The van der Waals surface area contributed by atoms with Crippen LogP contribution in [0.3, 0.4) is 0 Å². The summed E-state index contributed by atoms with van der Waals surface area (Å²) in [7, 11) is 0. The Bertz CT molecular complexity index is 463. The molecule has 0 fully saturated rings. The number of carbonyl (C=O) groups excluding carboxylic acids is 1. The van der Waals surface area contributed by atoms with Gasteiger partial charge in [-0.15, -0.1) is 0 Å². The van der Waals surface area contributed by atoms with Gasteiger partial charge in [-0.3, -0.25) is 4.79 Å². The molecule has 112 valence electrons. The number of nitrogen functional groups attached to an aromatic ring is 1. The maximum absolute atomic E-state index is 13.7. The first-order chi connectivity index (χ1) is 9.49. The zero-order valence-electron chi connectivity index (χ0n) is 12.1. The average molecular weight is 282 g/mol. The molecule has 1 atom stereocenters. The average Bonchev–Trinajstić information content (AvgIpc) is 2.40. The van der Waals surface area contributed by atoms with E-state index in [4.69, 9.17) is 16.2 Å². The smallest absolute Gasteiger partial charge is 0.250 e. The van der Waals surface area contributed by atoms with Crippen molar-refractivity contribution in [2.24, 2.45) is 11.7 Å². The van der Waals surface area contributed by atoms with Crippen LogP contribution < -0.4 is 16.2 Å². The van der Waals surface area contributed by atoms with Crippen molar-refractivity contribution in [3.63, 3.8) is 0 Å². The summed E-state index contributed by atoms with van der Waals surface area (Å²) in [6.45, 7) is 4.64. The summed E-state index contributed by atoms with van der Waals surface area (Å²) >= 11 is 0. The monoisotopic (exact) mass is 282 g/mol. The summed E-state index contributed by atoms with van der Waals surface area (Å²) in [6.07, 6.45) is 4.27. The fourth-order valence-corrected chi connectivity index (χ4v) is 2.00. The van der Waals surface area contributed by atoms with Crippen LogP contribution in [0, 0.1) is 11.7 Å². The molecular weight excluding hydrogens is 259 g/mol. The maximum atomic E-state index is 13.7. The lowest BCUT2D eigenvalue weighted by Gasteiger charge is -2.16. The van der Waals surface area contributed by atoms with Crippen LogP contribution in [-0.2, 0) is 0 Å². The Morgan fingerprint density at radius 1 is 1.40 bits per heavy atom. The van der Waals surface area contributed by atoms with Gasteiger partial charge in [-0.2, -0.15) is 0 Å². The van der Waals surface area contributed by atoms with Crippen molar-refractivity contribution in [2.75, 3.05) is 12.3 Å². The van der Waals surface area contributed by atoms with Gasteiger partial charge in [0, 0.05) is 11.8 Å². The fourth-order valence-electron chi connectivity index (χ4n) is 2.00. The number of carbonyl (C=O) groups is 1. The number of anilines is 1. The normalized spacial score (nSPS) is 12.2. The Kier molecular flexibility index (Phi) is 6.28. The highest BCUT2D eigenvalue weighted by Gasteiger charge is 2.14. The van der Waals surface area contributed by atoms with Crippen molar-refractivity contribution in [2.45, 2.75) is 39.5 Å². The molecule has 1 aromatic carbocycles. The van der Waals surface area contributed by atoms with Crippen LogP contribution in [-0.4, -0.2) is 12.5 Å². The van der Waals surface area contributed by atoms with E-state index in [1.807, 2.05) is 0 Å². The van der Waals surface area contributed by atoms with Gasteiger partial charge in [0.25, 0.3) is 5.91 Å². The predicted octanol–water partition coefficient (Wildman–Crippen LogP) is 3.10. The minimum Gasteiger partial charge on any atom is -0.490 e. The third-order valence-electron chi connectivity index (χ3n) is 3.39. The molecule has 0 saturated carbocycles. The van der Waals surface area contributed by atoms with Gasteiger partial charge in [-0.25, -0.2) is 4.39 Å². The van der Waals surface area contributed by atoms with Crippen molar-refractivity contribution >= 4 is 11.6 Å². The zero-order valence-corrected chi connectivity index (χ0v) is 12.1. The second kappa shape index (κ2) is 7.72. The maximum Gasteiger partial charge on any atom is 0.250 e. The van der Waals surface area contributed by atoms with Crippen LogP contribution in [0.2, 0.25) is 0 Å². The Labute approximate surface area is 119 Å². The molecule has 0 saturated heterocycles. The molecule has 0 aliphatic heterocycles. The highest BCUT2D eigenvalue weighted by molar-refractivity contribution is 5.98. The van der Waals surface area contributed by atoms with Gasteiger partial charge in [-0.05, 0) is 18.4 Å². The van der Waals surface area contributed by atoms with E-state index < -0.39 is 11.7 Å². The SMILES string of the molecule is CCCCC(CC)COc1cc(C(N)=O)c(N)cc1F. The minimum atomic E-state index is -0.689. The molecule has 1 amide bonds. The molecule has 5 heteroatoms. The van der Waals surface area contributed by atoms with E-state index in [9.17, 15) is 9.18 Å². The Morgan fingerprint density at radius 2 is 2.10 bits per heavy atom. The topological polar surface area (TPSA) is 78.3 Å². The van der Waals surface area contributed by atoms with E-state index in [0.717, 1.165) is 31.7 Å². The summed E-state index contributed by atoms with van der Waals surface area (Å²) in [5.74, 6) is -0.852. The molecule has 0 bridgehead atoms. The first kappa shape index (κ1) is 16.3. The van der Waals surface area contributed by atoms with Gasteiger partial charge in [-0.1, -0.05) is 33.1 Å². The van der Waals surface area contributed by atoms with E-state index in [2.05, 4.69) is 13.8 Å². The minimum absolute atomic E-state index is 0.0281. The number of benzene rings is 1. The highest BCUT2D eigenvalue weighted by atomic mass is 19.1. The number of hydrogen-bond donors (Lipinski definition) is 2. The molecule has 0 aliphatic rings. The molecule has 4 N–H and O–H groups in total. The molecule has 20 heavy (non-hydrogen) atoms. The van der Waals surface area contributed by atoms with Crippen molar-refractivity contribution in [1.82, 2.24) is 0 Å². The molecule has 1 aromatic rings. The number of primary amides is 1. The first-order valence-corrected chi connectivity index (χ1v) is 7.01. The highest BCUT2D eigenvalue weighted by Crippen LogP contribution is 2.25. The summed E-state index contributed by atoms with van der Waals surface area (Å²) in [4.78, 5) is 11.2. The number of unbranched alkanes of at least 4 members (excludes halogenated alkanes) is 1. The van der Waals surface area contributed by atoms with Crippen LogP contribution in [0.15, 0.2) is 12.1 Å². The standard InChI is InChI=1S/C15H23FN2O2/c1-3-5-6-10(4-2)9-20-14-7-11(15(18)19)13(17)8-12(14)16/h7-8,10H,3-6,9,17H2,1-2H3,(H2,18,19). The molecule has 4 nitrogen and oxygen atoms in total. The quantitative estimate of drug-likeness (QED) is 0.719. The van der Waals surface area contributed by atoms with Crippen molar-refractivity contribution in [3.05, 3.63) is 23.5 Å². The fraction of sp³-hybridized carbons (Fsp3) is 0.533. The summed E-state index contributed by atoms with van der Waals surface area (Å²) in [5, 5.41) is 0. The lowest BCUT2D eigenvalue weighted by Crippen LogP contribution is -2.16. The molecule has 0 aromatic heterocycles. The molecule has 1 rings (SSSR count). The number of hydrogen-bond acceptors (Lipinski definition) is 3. The summed E-state index contributed by atoms with van der Waals surface area (Å²) in [6, 6.07) is 2.35. The van der Waals surface area contributed by atoms with Crippen molar-refractivity contribution < 1.29 is 13.9 Å². The first-order valence-electron chi connectivity index (χ1n) is 7.01. The van der Waals surface area contributed by atoms with Crippen LogP contribution in [0.5, 0.6) is 5.75 Å². The van der Waals surface area contributed by atoms with Crippen LogP contribution in [0.1, 0.15) is 49.9 Å². The van der Waals surface area contributed by atoms with Gasteiger partial charge < -0.3 is 16.2 Å². The van der Waals surface area contributed by atoms with E-state index in [0.29, 0.717) is 12.5 Å². The van der Waals surface area contributed by atoms with Crippen LogP contribution in [0.4, 0.5) is 10.1 Å². The second-order valence-corrected chi connectivity index (χ2v) is 4.96. The molecule has 0 spiro atoms. The predicted molar refractivity (Wildman–Crippen MR) is 78.1 cm³/mol. The molecule has 0 heterocycles. The number of rotatable bonds is 8. The largest absolute Gasteiger partial charge is 0.490 e. The van der Waals surface area contributed by atoms with E-state index in [1.165, 1.54) is 6.07 Å². The number of halogens is 1. The van der Waals surface area contributed by atoms with Gasteiger partial charge in [0.1, 0.15) is 0 Å². The second-order valence-electron chi connectivity index (χ2n) is 4.96. The summed E-state index contributed by atoms with van der Waals surface area (Å²) < 4.78 is 19.2. The van der Waals surface area contributed by atoms with Crippen molar-refractivity contribution in [3.8, 4) is 5.75 Å². The van der Waals surface area contributed by atoms with E-state index in [-0.39, 0.29) is 17.0 Å². The number of amides is 1. The third kappa shape index (κ3) is 4.40. The van der Waals surface area contributed by atoms with Gasteiger partial charge in [0.15, 0.2) is 11.6 Å². The van der Waals surface area contributed by atoms with E-state index >= 15 is 0 Å². The molecule has 1 unspecified atom stereocenters. The Morgan fingerprint density at radius 3 is 2.65 bits per heavy atom. The van der Waals surface area contributed by atoms with Gasteiger partial charge in [0.2, 0.25) is 0 Å². The molecule has 0 radical (unpaired) electrons. The zero-order chi connectivity index (χ0) is 15.1. The van der Waals surface area contributed by atoms with Crippen LogP contribution in [0.25, 0.3) is 0 Å². The van der Waals surface area contributed by atoms with Gasteiger partial charge >= 0.3 is 0 Å². The Balaban J connectivity index is 2.76. The van der Waals surface area contributed by atoms with E-state index in [1.54, 1.807) is 0 Å².